The third kappa shape index (κ3) is 3.42. The molecule has 0 unspecified atom stereocenters. The Kier molecular flexibility index (Phi) is 4.42. The Balaban J connectivity index is 1.54. The van der Waals surface area contributed by atoms with Crippen LogP contribution in [0.3, 0.4) is 0 Å². The molecule has 2 aromatic rings. The van der Waals surface area contributed by atoms with Crippen LogP contribution in [0.25, 0.3) is 0 Å². The van der Waals surface area contributed by atoms with Crippen molar-refractivity contribution in [2.45, 2.75) is 32.7 Å². The number of likely N-dealkylation sites (tertiary alicyclic amines) is 1. The van der Waals surface area contributed by atoms with Crippen molar-refractivity contribution in [2.24, 2.45) is 0 Å². The number of carbonyl (C=O) groups is 2. The third-order valence-electron chi connectivity index (χ3n) is 3.98. The SMILES string of the molecule is Cc1cc(C(=O)NC2CCN(C(=O)c3csnn3)CC2)c(C)o1. The van der Waals surface area contributed by atoms with E-state index in [1.807, 2.05) is 6.92 Å². The van der Waals surface area contributed by atoms with Crippen molar-refractivity contribution < 1.29 is 14.0 Å². The fraction of sp³-hybridized carbons (Fsp3) is 0.467. The fourth-order valence-electron chi connectivity index (χ4n) is 2.77. The number of piperidine rings is 1. The van der Waals surface area contributed by atoms with E-state index in [1.54, 1.807) is 23.3 Å². The van der Waals surface area contributed by atoms with E-state index in [1.165, 1.54) is 11.5 Å². The Morgan fingerprint density at radius 3 is 2.65 bits per heavy atom. The molecular formula is C15H18N4O3S. The van der Waals surface area contributed by atoms with Crippen LogP contribution in [0.5, 0.6) is 0 Å². The maximum Gasteiger partial charge on any atom is 0.275 e. The molecule has 1 aliphatic rings. The summed E-state index contributed by atoms with van der Waals surface area (Å²) in [6, 6.07) is 1.81. The third-order valence-corrected chi connectivity index (χ3v) is 4.49. The Bertz CT molecular complexity index is 702. The Morgan fingerprint density at radius 2 is 2.09 bits per heavy atom. The van der Waals surface area contributed by atoms with Gasteiger partial charge in [0.25, 0.3) is 11.8 Å². The molecule has 1 aliphatic heterocycles. The molecule has 0 bridgehead atoms. The van der Waals surface area contributed by atoms with Gasteiger partial charge in [-0.2, -0.15) is 0 Å². The molecule has 23 heavy (non-hydrogen) atoms. The lowest BCUT2D eigenvalue weighted by Crippen LogP contribution is -2.46. The van der Waals surface area contributed by atoms with Gasteiger partial charge in [-0.25, -0.2) is 0 Å². The van der Waals surface area contributed by atoms with Gasteiger partial charge in [0.2, 0.25) is 0 Å². The van der Waals surface area contributed by atoms with Crippen LogP contribution >= 0.6 is 11.5 Å². The topological polar surface area (TPSA) is 88.3 Å². The van der Waals surface area contributed by atoms with E-state index in [2.05, 4.69) is 14.9 Å². The monoisotopic (exact) mass is 334 g/mol. The summed E-state index contributed by atoms with van der Waals surface area (Å²) in [6.45, 7) is 4.81. The van der Waals surface area contributed by atoms with Crippen molar-refractivity contribution in [3.8, 4) is 0 Å². The summed E-state index contributed by atoms with van der Waals surface area (Å²) in [5.74, 6) is 1.14. The zero-order chi connectivity index (χ0) is 16.4. The van der Waals surface area contributed by atoms with Crippen LogP contribution in [0.2, 0.25) is 0 Å². The van der Waals surface area contributed by atoms with Gasteiger partial charge in [-0.05, 0) is 44.3 Å². The zero-order valence-corrected chi connectivity index (χ0v) is 13.9. The maximum atomic E-state index is 12.3. The number of carbonyl (C=O) groups excluding carboxylic acids is 2. The summed E-state index contributed by atoms with van der Waals surface area (Å²) in [6.07, 6.45) is 1.45. The molecule has 0 radical (unpaired) electrons. The van der Waals surface area contributed by atoms with Crippen molar-refractivity contribution >= 4 is 23.3 Å². The van der Waals surface area contributed by atoms with Gasteiger partial charge in [-0.15, -0.1) is 5.10 Å². The smallest absolute Gasteiger partial charge is 0.275 e. The molecule has 0 aliphatic carbocycles. The van der Waals surface area contributed by atoms with E-state index in [0.29, 0.717) is 30.1 Å². The highest BCUT2D eigenvalue weighted by Crippen LogP contribution is 2.17. The first-order valence-electron chi connectivity index (χ1n) is 7.49. The molecule has 0 spiro atoms. The summed E-state index contributed by atoms with van der Waals surface area (Å²) < 4.78 is 9.10. The molecule has 3 rings (SSSR count). The van der Waals surface area contributed by atoms with Gasteiger partial charge in [0.1, 0.15) is 11.5 Å². The Morgan fingerprint density at radius 1 is 1.35 bits per heavy atom. The van der Waals surface area contributed by atoms with Crippen molar-refractivity contribution in [2.75, 3.05) is 13.1 Å². The van der Waals surface area contributed by atoms with Gasteiger partial charge in [-0.1, -0.05) is 4.49 Å². The minimum absolute atomic E-state index is 0.0646. The highest BCUT2D eigenvalue weighted by atomic mass is 32.1. The first-order chi connectivity index (χ1) is 11.0. The lowest BCUT2D eigenvalue weighted by molar-refractivity contribution is 0.0692. The van der Waals surface area contributed by atoms with Gasteiger partial charge in [0.05, 0.1) is 5.56 Å². The van der Waals surface area contributed by atoms with Crippen LogP contribution in [0.15, 0.2) is 15.9 Å². The van der Waals surface area contributed by atoms with E-state index in [-0.39, 0.29) is 17.9 Å². The lowest BCUT2D eigenvalue weighted by atomic mass is 10.0. The fourth-order valence-corrected chi connectivity index (χ4v) is 3.20. The van der Waals surface area contributed by atoms with Crippen LogP contribution in [-0.4, -0.2) is 45.4 Å². The molecule has 1 saturated heterocycles. The van der Waals surface area contributed by atoms with Crippen LogP contribution in [0.4, 0.5) is 0 Å². The number of aryl methyl sites for hydroxylation is 2. The number of aromatic nitrogens is 2. The Hall–Kier alpha value is -2.22. The molecule has 0 aromatic carbocycles. The van der Waals surface area contributed by atoms with Crippen LogP contribution in [0.1, 0.15) is 45.2 Å². The minimum Gasteiger partial charge on any atom is -0.466 e. The highest BCUT2D eigenvalue weighted by molar-refractivity contribution is 7.03. The highest BCUT2D eigenvalue weighted by Gasteiger charge is 2.26. The number of hydrogen-bond donors (Lipinski definition) is 1. The van der Waals surface area contributed by atoms with Gasteiger partial charge in [0, 0.05) is 24.5 Å². The number of rotatable bonds is 3. The average molecular weight is 334 g/mol. The predicted octanol–water partition coefficient (Wildman–Crippen LogP) is 1.78. The number of nitrogens with one attached hydrogen (secondary N) is 1. The van der Waals surface area contributed by atoms with Gasteiger partial charge in [-0.3, -0.25) is 9.59 Å². The molecule has 8 heteroatoms. The summed E-state index contributed by atoms with van der Waals surface area (Å²) in [7, 11) is 0. The van der Waals surface area contributed by atoms with Crippen molar-refractivity contribution in [1.29, 1.82) is 0 Å². The minimum atomic E-state index is -0.118. The second-order valence-corrected chi connectivity index (χ2v) is 6.27. The largest absolute Gasteiger partial charge is 0.466 e. The first-order valence-corrected chi connectivity index (χ1v) is 8.32. The zero-order valence-electron chi connectivity index (χ0n) is 13.0. The van der Waals surface area contributed by atoms with Gasteiger partial charge < -0.3 is 14.6 Å². The van der Waals surface area contributed by atoms with E-state index < -0.39 is 0 Å². The van der Waals surface area contributed by atoms with E-state index >= 15 is 0 Å². The van der Waals surface area contributed by atoms with Crippen LogP contribution in [-0.2, 0) is 0 Å². The molecule has 0 atom stereocenters. The summed E-state index contributed by atoms with van der Waals surface area (Å²) in [4.78, 5) is 26.2. The van der Waals surface area contributed by atoms with E-state index in [0.717, 1.165) is 18.6 Å². The Labute approximate surface area is 137 Å². The number of nitrogens with zero attached hydrogens (tertiary/aromatic N) is 3. The predicted molar refractivity (Wildman–Crippen MR) is 84.5 cm³/mol. The molecule has 2 aromatic heterocycles. The molecular weight excluding hydrogens is 316 g/mol. The summed E-state index contributed by atoms with van der Waals surface area (Å²) in [5.41, 5.74) is 0.969. The van der Waals surface area contributed by atoms with Crippen LogP contribution in [0, 0.1) is 13.8 Å². The van der Waals surface area contributed by atoms with Crippen molar-refractivity contribution in [3.63, 3.8) is 0 Å². The quantitative estimate of drug-likeness (QED) is 0.924. The number of furan rings is 1. The van der Waals surface area contributed by atoms with Gasteiger partial charge >= 0.3 is 0 Å². The number of hydrogen-bond acceptors (Lipinski definition) is 6. The molecule has 2 amide bonds. The first kappa shape index (κ1) is 15.7. The molecule has 1 fully saturated rings. The normalized spacial score (nSPS) is 15.7. The molecule has 3 heterocycles. The molecule has 7 nitrogen and oxygen atoms in total. The van der Waals surface area contributed by atoms with E-state index in [9.17, 15) is 9.59 Å². The molecule has 0 saturated carbocycles. The summed E-state index contributed by atoms with van der Waals surface area (Å²) in [5, 5.41) is 8.48. The van der Waals surface area contributed by atoms with Crippen molar-refractivity contribution in [1.82, 2.24) is 19.8 Å². The average Bonchev–Trinajstić information content (AvgIpc) is 3.17. The molecule has 1 N–H and O–H groups in total. The van der Waals surface area contributed by atoms with Gasteiger partial charge in [0.15, 0.2) is 5.69 Å². The standard InChI is InChI=1S/C15H18N4O3S/c1-9-7-12(10(2)22-9)14(20)16-11-3-5-19(6-4-11)15(21)13-8-23-18-17-13/h7-8,11H,3-6H2,1-2H3,(H,16,20). The van der Waals surface area contributed by atoms with Crippen LogP contribution < -0.4 is 5.32 Å². The maximum absolute atomic E-state index is 12.3. The lowest BCUT2D eigenvalue weighted by Gasteiger charge is -2.31. The second kappa shape index (κ2) is 6.49. The summed E-state index contributed by atoms with van der Waals surface area (Å²) >= 11 is 1.17. The van der Waals surface area contributed by atoms with Crippen molar-refractivity contribution in [3.05, 3.63) is 34.2 Å². The molecule has 122 valence electrons. The van der Waals surface area contributed by atoms with E-state index in [4.69, 9.17) is 4.42 Å². The second-order valence-electron chi connectivity index (χ2n) is 5.66. The number of amides is 2.